The standard InChI is InChI=1S/C13H19BrN2O/c1-15(2)8-9-16(3)13(17)12-6-4-11(10-14)5-7-12/h4-7H,8-10H2,1-3H3. The molecule has 0 aliphatic heterocycles. The van der Waals surface area contributed by atoms with Crippen molar-refractivity contribution in [3.8, 4) is 0 Å². The molecule has 0 spiro atoms. The van der Waals surface area contributed by atoms with Crippen LogP contribution in [-0.2, 0) is 5.33 Å². The van der Waals surface area contributed by atoms with Gasteiger partial charge < -0.3 is 9.80 Å². The van der Waals surface area contributed by atoms with Gasteiger partial charge in [0.05, 0.1) is 0 Å². The molecule has 0 radical (unpaired) electrons. The van der Waals surface area contributed by atoms with E-state index in [1.807, 2.05) is 45.4 Å². The smallest absolute Gasteiger partial charge is 0.253 e. The Balaban J connectivity index is 2.61. The fraction of sp³-hybridized carbons (Fsp3) is 0.462. The Bertz CT molecular complexity index is 362. The minimum absolute atomic E-state index is 0.0768. The lowest BCUT2D eigenvalue weighted by Crippen LogP contribution is -2.33. The van der Waals surface area contributed by atoms with Crippen molar-refractivity contribution in [3.05, 3.63) is 35.4 Å². The van der Waals surface area contributed by atoms with Crippen LogP contribution in [0.3, 0.4) is 0 Å². The molecule has 0 aliphatic carbocycles. The van der Waals surface area contributed by atoms with E-state index in [9.17, 15) is 4.79 Å². The third kappa shape index (κ3) is 4.48. The molecule has 0 fully saturated rings. The third-order valence-corrected chi connectivity index (χ3v) is 3.23. The fourth-order valence-electron chi connectivity index (χ4n) is 1.41. The first-order valence-electron chi connectivity index (χ1n) is 5.59. The first-order chi connectivity index (χ1) is 8.04. The Morgan fingerprint density at radius 3 is 2.18 bits per heavy atom. The molecule has 0 aromatic heterocycles. The summed E-state index contributed by atoms with van der Waals surface area (Å²) in [5.41, 5.74) is 1.92. The molecule has 1 rings (SSSR count). The third-order valence-electron chi connectivity index (χ3n) is 2.58. The summed E-state index contributed by atoms with van der Waals surface area (Å²) in [6.45, 7) is 1.62. The Morgan fingerprint density at radius 1 is 1.12 bits per heavy atom. The molecule has 0 N–H and O–H groups in total. The summed E-state index contributed by atoms with van der Waals surface area (Å²) < 4.78 is 0. The van der Waals surface area contributed by atoms with Gasteiger partial charge in [-0.15, -0.1) is 0 Å². The Labute approximate surface area is 112 Å². The van der Waals surface area contributed by atoms with E-state index >= 15 is 0 Å². The minimum Gasteiger partial charge on any atom is -0.340 e. The van der Waals surface area contributed by atoms with Gasteiger partial charge in [-0.2, -0.15) is 0 Å². The summed E-state index contributed by atoms with van der Waals surface area (Å²) in [6, 6.07) is 7.71. The SMILES string of the molecule is CN(C)CCN(C)C(=O)c1ccc(CBr)cc1. The number of nitrogens with zero attached hydrogens (tertiary/aromatic N) is 2. The highest BCUT2D eigenvalue weighted by molar-refractivity contribution is 9.08. The van der Waals surface area contributed by atoms with Gasteiger partial charge >= 0.3 is 0 Å². The number of hydrogen-bond acceptors (Lipinski definition) is 2. The molecule has 4 heteroatoms. The lowest BCUT2D eigenvalue weighted by atomic mass is 10.1. The molecule has 0 saturated carbocycles. The highest BCUT2D eigenvalue weighted by Crippen LogP contribution is 2.09. The molecule has 3 nitrogen and oxygen atoms in total. The summed E-state index contributed by atoms with van der Waals surface area (Å²) in [5.74, 6) is 0.0768. The van der Waals surface area contributed by atoms with Crippen LogP contribution >= 0.6 is 15.9 Å². The number of rotatable bonds is 5. The number of carbonyl (C=O) groups excluding carboxylic acids is 1. The van der Waals surface area contributed by atoms with Gasteiger partial charge in [0.15, 0.2) is 0 Å². The molecule has 0 heterocycles. The number of alkyl halides is 1. The van der Waals surface area contributed by atoms with Crippen molar-refractivity contribution < 1.29 is 4.79 Å². The van der Waals surface area contributed by atoms with Gasteiger partial charge in [0.1, 0.15) is 0 Å². The first-order valence-corrected chi connectivity index (χ1v) is 6.72. The van der Waals surface area contributed by atoms with Gasteiger partial charge in [-0.1, -0.05) is 28.1 Å². The highest BCUT2D eigenvalue weighted by atomic mass is 79.9. The second-order valence-electron chi connectivity index (χ2n) is 4.36. The fourth-order valence-corrected chi connectivity index (χ4v) is 1.78. The molecular formula is C13H19BrN2O. The highest BCUT2D eigenvalue weighted by Gasteiger charge is 2.11. The number of halogens is 1. The van der Waals surface area contributed by atoms with Crippen molar-refractivity contribution in [3.63, 3.8) is 0 Å². The minimum atomic E-state index is 0.0768. The van der Waals surface area contributed by atoms with Crippen LogP contribution in [0.15, 0.2) is 24.3 Å². The largest absolute Gasteiger partial charge is 0.340 e. The molecule has 0 atom stereocenters. The van der Waals surface area contributed by atoms with E-state index in [1.54, 1.807) is 4.90 Å². The van der Waals surface area contributed by atoms with Crippen LogP contribution in [0.2, 0.25) is 0 Å². The summed E-state index contributed by atoms with van der Waals surface area (Å²) >= 11 is 3.39. The monoisotopic (exact) mass is 298 g/mol. The summed E-state index contributed by atoms with van der Waals surface area (Å²) in [7, 11) is 5.84. The van der Waals surface area contributed by atoms with Crippen molar-refractivity contribution >= 4 is 21.8 Å². The average molecular weight is 299 g/mol. The van der Waals surface area contributed by atoms with Gasteiger partial charge in [0, 0.05) is 31.0 Å². The molecule has 0 unspecified atom stereocenters. The Morgan fingerprint density at radius 2 is 1.71 bits per heavy atom. The maximum absolute atomic E-state index is 12.1. The predicted octanol–water partition coefficient (Wildman–Crippen LogP) is 2.22. The summed E-state index contributed by atoms with van der Waals surface area (Å²) in [4.78, 5) is 15.9. The molecule has 0 bridgehead atoms. The maximum Gasteiger partial charge on any atom is 0.253 e. The molecule has 17 heavy (non-hydrogen) atoms. The van der Waals surface area contributed by atoms with Crippen LogP contribution < -0.4 is 0 Å². The maximum atomic E-state index is 12.1. The van der Waals surface area contributed by atoms with E-state index in [0.717, 1.165) is 24.0 Å². The number of likely N-dealkylation sites (N-methyl/N-ethyl adjacent to an activating group) is 2. The zero-order chi connectivity index (χ0) is 12.8. The molecular weight excluding hydrogens is 280 g/mol. The van der Waals surface area contributed by atoms with Gasteiger partial charge in [-0.25, -0.2) is 0 Å². The quantitative estimate of drug-likeness (QED) is 0.778. The predicted molar refractivity (Wildman–Crippen MR) is 74.6 cm³/mol. The van der Waals surface area contributed by atoms with Crippen LogP contribution in [0.5, 0.6) is 0 Å². The summed E-state index contributed by atoms with van der Waals surface area (Å²) in [5, 5.41) is 0.817. The molecule has 0 aliphatic rings. The average Bonchev–Trinajstić information content (AvgIpc) is 2.35. The lowest BCUT2D eigenvalue weighted by Gasteiger charge is -2.19. The lowest BCUT2D eigenvalue weighted by molar-refractivity contribution is 0.0786. The Hall–Kier alpha value is -0.870. The van der Waals surface area contributed by atoms with E-state index in [0.29, 0.717) is 0 Å². The van der Waals surface area contributed by atoms with Gasteiger partial charge in [0.25, 0.3) is 5.91 Å². The Kier molecular flexibility index (Phi) is 5.65. The molecule has 1 aromatic carbocycles. The van der Waals surface area contributed by atoms with E-state index in [1.165, 1.54) is 5.56 Å². The second-order valence-corrected chi connectivity index (χ2v) is 4.92. The van der Waals surface area contributed by atoms with Crippen molar-refractivity contribution in [2.24, 2.45) is 0 Å². The van der Waals surface area contributed by atoms with E-state index in [4.69, 9.17) is 0 Å². The topological polar surface area (TPSA) is 23.6 Å². The zero-order valence-electron chi connectivity index (χ0n) is 10.6. The number of benzene rings is 1. The normalized spacial score (nSPS) is 10.6. The molecule has 0 saturated heterocycles. The van der Waals surface area contributed by atoms with Crippen molar-refractivity contribution in [1.29, 1.82) is 0 Å². The van der Waals surface area contributed by atoms with Crippen molar-refractivity contribution in [2.75, 3.05) is 34.2 Å². The molecule has 1 aromatic rings. The van der Waals surface area contributed by atoms with E-state index < -0.39 is 0 Å². The first kappa shape index (κ1) is 14.2. The number of amides is 1. The zero-order valence-corrected chi connectivity index (χ0v) is 12.2. The van der Waals surface area contributed by atoms with Gasteiger partial charge in [-0.3, -0.25) is 4.79 Å². The van der Waals surface area contributed by atoms with Crippen LogP contribution in [0.4, 0.5) is 0 Å². The van der Waals surface area contributed by atoms with E-state index in [-0.39, 0.29) is 5.91 Å². The van der Waals surface area contributed by atoms with Crippen LogP contribution in [-0.4, -0.2) is 49.9 Å². The van der Waals surface area contributed by atoms with Gasteiger partial charge in [-0.05, 0) is 31.8 Å². The van der Waals surface area contributed by atoms with Crippen molar-refractivity contribution in [1.82, 2.24) is 9.80 Å². The molecule has 1 amide bonds. The van der Waals surface area contributed by atoms with Crippen molar-refractivity contribution in [2.45, 2.75) is 5.33 Å². The van der Waals surface area contributed by atoms with Crippen LogP contribution in [0, 0.1) is 0 Å². The van der Waals surface area contributed by atoms with Gasteiger partial charge in [0.2, 0.25) is 0 Å². The van der Waals surface area contributed by atoms with Crippen LogP contribution in [0.1, 0.15) is 15.9 Å². The number of hydrogen-bond donors (Lipinski definition) is 0. The van der Waals surface area contributed by atoms with E-state index in [2.05, 4.69) is 20.8 Å². The second kappa shape index (κ2) is 6.77. The van der Waals surface area contributed by atoms with Crippen LogP contribution in [0.25, 0.3) is 0 Å². The number of carbonyl (C=O) groups is 1. The summed E-state index contributed by atoms with van der Waals surface area (Å²) in [6.07, 6.45) is 0. The molecule has 94 valence electrons.